The first-order valence-electron chi connectivity index (χ1n) is 9.72. The van der Waals surface area contributed by atoms with Gasteiger partial charge in [-0.3, -0.25) is 9.59 Å². The van der Waals surface area contributed by atoms with E-state index < -0.39 is 9.84 Å². The molecular formula is C22H23NO4S. The molecule has 1 saturated heterocycles. The van der Waals surface area contributed by atoms with Crippen LogP contribution in [0.25, 0.3) is 0 Å². The van der Waals surface area contributed by atoms with Gasteiger partial charge in [0, 0.05) is 30.5 Å². The lowest BCUT2D eigenvalue weighted by atomic mass is 9.77. The van der Waals surface area contributed by atoms with Gasteiger partial charge in [0.15, 0.2) is 0 Å². The summed E-state index contributed by atoms with van der Waals surface area (Å²) in [7, 11) is -3.60. The Kier molecular flexibility index (Phi) is 5.06. The van der Waals surface area contributed by atoms with Gasteiger partial charge < -0.3 is 4.90 Å². The SMILES string of the molecule is O=C1CCN(C(=O)c2ccc(S(=O)(=O)c3ccccc3)cc2)[C@H]2CCCC[C@@H]12. The van der Waals surface area contributed by atoms with Crippen molar-refractivity contribution >= 4 is 21.5 Å². The Morgan fingerprint density at radius 2 is 1.54 bits per heavy atom. The third kappa shape index (κ3) is 3.37. The molecule has 6 heteroatoms. The number of hydrogen-bond donors (Lipinski definition) is 0. The number of benzene rings is 2. The van der Waals surface area contributed by atoms with Crippen LogP contribution < -0.4 is 0 Å². The zero-order valence-corrected chi connectivity index (χ0v) is 16.4. The van der Waals surface area contributed by atoms with Gasteiger partial charge in [-0.05, 0) is 49.2 Å². The number of likely N-dealkylation sites (tertiary alicyclic amines) is 1. The molecule has 28 heavy (non-hydrogen) atoms. The minimum Gasteiger partial charge on any atom is -0.334 e. The molecule has 1 saturated carbocycles. The van der Waals surface area contributed by atoms with Crippen LogP contribution in [0.15, 0.2) is 64.4 Å². The Morgan fingerprint density at radius 3 is 2.25 bits per heavy atom. The molecule has 2 atom stereocenters. The molecule has 1 aliphatic heterocycles. The summed E-state index contributed by atoms with van der Waals surface area (Å²) < 4.78 is 25.4. The maximum absolute atomic E-state index is 13.1. The molecule has 0 N–H and O–H groups in total. The zero-order valence-electron chi connectivity index (χ0n) is 15.6. The molecule has 1 amide bonds. The van der Waals surface area contributed by atoms with Gasteiger partial charge in [-0.1, -0.05) is 31.0 Å². The first-order chi connectivity index (χ1) is 13.5. The minimum absolute atomic E-state index is 0.0183. The van der Waals surface area contributed by atoms with Crippen LogP contribution in [0, 0.1) is 5.92 Å². The molecule has 4 rings (SSSR count). The second kappa shape index (κ2) is 7.51. The number of carbonyl (C=O) groups excluding carboxylic acids is 2. The van der Waals surface area contributed by atoms with E-state index in [1.165, 1.54) is 12.1 Å². The van der Waals surface area contributed by atoms with E-state index >= 15 is 0 Å². The van der Waals surface area contributed by atoms with Crippen LogP contribution in [0.1, 0.15) is 42.5 Å². The number of fused-ring (bicyclic) bond motifs is 1. The summed E-state index contributed by atoms with van der Waals surface area (Å²) in [6.45, 7) is 0.447. The van der Waals surface area contributed by atoms with Gasteiger partial charge in [0.2, 0.25) is 9.84 Å². The van der Waals surface area contributed by atoms with E-state index in [1.54, 1.807) is 42.5 Å². The highest BCUT2D eigenvalue weighted by Gasteiger charge is 2.40. The highest BCUT2D eigenvalue weighted by atomic mass is 32.2. The molecule has 0 radical (unpaired) electrons. The Balaban J connectivity index is 1.57. The predicted molar refractivity (Wildman–Crippen MR) is 105 cm³/mol. The van der Waals surface area contributed by atoms with Crippen LogP contribution >= 0.6 is 0 Å². The summed E-state index contributed by atoms with van der Waals surface area (Å²) >= 11 is 0. The van der Waals surface area contributed by atoms with Gasteiger partial charge in [-0.25, -0.2) is 8.42 Å². The lowest BCUT2D eigenvalue weighted by molar-refractivity contribution is -0.129. The smallest absolute Gasteiger partial charge is 0.254 e. The van der Waals surface area contributed by atoms with E-state index in [0.717, 1.165) is 25.7 Å². The lowest BCUT2D eigenvalue weighted by Crippen LogP contribution is -2.53. The highest BCUT2D eigenvalue weighted by molar-refractivity contribution is 7.91. The van der Waals surface area contributed by atoms with Gasteiger partial charge in [0.1, 0.15) is 5.78 Å². The number of nitrogens with zero attached hydrogens (tertiary/aromatic N) is 1. The molecule has 0 bridgehead atoms. The number of piperidine rings is 1. The number of amides is 1. The largest absolute Gasteiger partial charge is 0.334 e. The Bertz CT molecular complexity index is 983. The third-order valence-corrected chi connectivity index (χ3v) is 7.65. The lowest BCUT2D eigenvalue weighted by Gasteiger charge is -2.43. The molecule has 2 aromatic carbocycles. The van der Waals surface area contributed by atoms with Gasteiger partial charge in [0.05, 0.1) is 9.79 Å². The van der Waals surface area contributed by atoms with Crippen LogP contribution in [0.5, 0.6) is 0 Å². The molecule has 1 heterocycles. The predicted octanol–water partition coefficient (Wildman–Crippen LogP) is 3.49. The van der Waals surface area contributed by atoms with Gasteiger partial charge >= 0.3 is 0 Å². The van der Waals surface area contributed by atoms with Crippen molar-refractivity contribution in [1.82, 2.24) is 4.90 Å². The first kappa shape index (κ1) is 18.9. The second-order valence-electron chi connectivity index (χ2n) is 7.51. The van der Waals surface area contributed by atoms with Crippen LogP contribution in [-0.4, -0.2) is 37.6 Å². The molecule has 2 aromatic rings. The van der Waals surface area contributed by atoms with Crippen LogP contribution in [-0.2, 0) is 14.6 Å². The summed E-state index contributed by atoms with van der Waals surface area (Å²) in [5, 5.41) is 0. The van der Waals surface area contributed by atoms with Crippen LogP contribution in [0.3, 0.4) is 0 Å². The van der Waals surface area contributed by atoms with Crippen molar-refractivity contribution in [3.8, 4) is 0 Å². The summed E-state index contributed by atoms with van der Waals surface area (Å²) in [5.74, 6) is 0.121. The third-order valence-electron chi connectivity index (χ3n) is 5.87. The van der Waals surface area contributed by atoms with E-state index in [0.29, 0.717) is 18.5 Å². The number of ketones is 1. The van der Waals surface area contributed by atoms with E-state index in [2.05, 4.69) is 0 Å². The van der Waals surface area contributed by atoms with Crippen molar-refractivity contribution in [1.29, 1.82) is 0 Å². The highest BCUT2D eigenvalue weighted by Crippen LogP contribution is 2.34. The summed E-state index contributed by atoms with van der Waals surface area (Å²) in [6.07, 6.45) is 4.21. The fourth-order valence-electron chi connectivity index (χ4n) is 4.37. The first-order valence-corrected chi connectivity index (χ1v) is 11.2. The fraction of sp³-hybridized carbons (Fsp3) is 0.364. The molecule has 0 aromatic heterocycles. The van der Waals surface area contributed by atoms with Crippen LogP contribution in [0.4, 0.5) is 0 Å². The summed E-state index contributed by atoms with van der Waals surface area (Å²) in [6, 6.07) is 14.4. The number of rotatable bonds is 3. The zero-order chi connectivity index (χ0) is 19.7. The van der Waals surface area contributed by atoms with Gasteiger partial charge in [0.25, 0.3) is 5.91 Å². The van der Waals surface area contributed by atoms with Crippen LogP contribution in [0.2, 0.25) is 0 Å². The van der Waals surface area contributed by atoms with E-state index in [4.69, 9.17) is 0 Å². The quantitative estimate of drug-likeness (QED) is 0.795. The number of Topliss-reactive ketones (excluding diaryl/α,β-unsaturated/α-hetero) is 1. The maximum Gasteiger partial charge on any atom is 0.254 e. The van der Waals surface area contributed by atoms with Gasteiger partial charge in [-0.15, -0.1) is 0 Å². The Morgan fingerprint density at radius 1 is 0.893 bits per heavy atom. The average Bonchev–Trinajstić information content (AvgIpc) is 2.74. The molecule has 0 spiro atoms. The van der Waals surface area contributed by atoms with Crippen molar-refractivity contribution in [2.24, 2.45) is 5.92 Å². The number of sulfone groups is 1. The molecule has 1 aliphatic carbocycles. The number of hydrogen-bond acceptors (Lipinski definition) is 4. The fourth-order valence-corrected chi connectivity index (χ4v) is 5.65. The van der Waals surface area contributed by atoms with Crippen molar-refractivity contribution in [2.45, 2.75) is 47.9 Å². The molecule has 2 fully saturated rings. The second-order valence-corrected chi connectivity index (χ2v) is 9.46. The Labute approximate surface area is 165 Å². The van der Waals surface area contributed by atoms with E-state index in [9.17, 15) is 18.0 Å². The van der Waals surface area contributed by atoms with Crippen molar-refractivity contribution in [2.75, 3.05) is 6.54 Å². The topological polar surface area (TPSA) is 71.5 Å². The van der Waals surface area contributed by atoms with Crippen molar-refractivity contribution in [3.05, 3.63) is 60.2 Å². The molecule has 5 nitrogen and oxygen atoms in total. The van der Waals surface area contributed by atoms with Gasteiger partial charge in [-0.2, -0.15) is 0 Å². The molecule has 146 valence electrons. The standard InChI is InChI=1S/C22H23NO4S/c24-21-14-15-23(20-9-5-4-8-19(20)21)22(25)16-10-12-18(13-11-16)28(26,27)17-6-2-1-3-7-17/h1-3,6-7,10-13,19-20H,4-5,8-9,14-15H2/t19-,20+/m1/s1. The van der Waals surface area contributed by atoms with E-state index in [1.807, 2.05) is 4.90 Å². The average molecular weight is 397 g/mol. The van der Waals surface area contributed by atoms with Crippen molar-refractivity contribution in [3.63, 3.8) is 0 Å². The minimum atomic E-state index is -3.60. The molecule has 2 aliphatic rings. The molecular weight excluding hydrogens is 374 g/mol. The van der Waals surface area contributed by atoms with Crippen molar-refractivity contribution < 1.29 is 18.0 Å². The summed E-state index contributed by atoms with van der Waals surface area (Å²) in [5.41, 5.74) is 0.464. The Hall–Kier alpha value is -2.47. The van der Waals surface area contributed by atoms with E-state index in [-0.39, 0.29) is 33.4 Å². The molecule has 0 unspecified atom stereocenters. The summed E-state index contributed by atoms with van der Waals surface area (Å²) in [4.78, 5) is 27.5. The normalized spacial score (nSPS) is 22.6. The number of carbonyl (C=O) groups is 2. The maximum atomic E-state index is 13.1. The monoisotopic (exact) mass is 397 g/mol.